The van der Waals surface area contributed by atoms with Gasteiger partial charge in [-0.1, -0.05) is 52.0 Å². The van der Waals surface area contributed by atoms with E-state index in [9.17, 15) is 0 Å². The zero-order valence-corrected chi connectivity index (χ0v) is 13.1. The van der Waals surface area contributed by atoms with Gasteiger partial charge in [-0.3, -0.25) is 0 Å². The first-order valence-electron chi connectivity index (χ1n) is 7.42. The first kappa shape index (κ1) is 13.8. The number of aromatic nitrogens is 3. The molecule has 0 bridgehead atoms. The van der Waals surface area contributed by atoms with Crippen LogP contribution < -0.4 is 0 Å². The van der Waals surface area contributed by atoms with Crippen LogP contribution in [0.4, 0.5) is 0 Å². The Balaban J connectivity index is 2.13. The van der Waals surface area contributed by atoms with Gasteiger partial charge >= 0.3 is 0 Å². The van der Waals surface area contributed by atoms with Gasteiger partial charge in [-0.2, -0.15) is 0 Å². The standard InChI is InChI=1S/C18H21N3/c1-5-15-12-21-11-10-19-17(21)16(20-15)13-6-8-14(9-7-13)18(2,3)4/h6-12H,5H2,1-4H3. The van der Waals surface area contributed by atoms with E-state index in [1.165, 1.54) is 5.56 Å². The van der Waals surface area contributed by atoms with E-state index in [0.717, 1.165) is 29.0 Å². The van der Waals surface area contributed by atoms with Crippen molar-refractivity contribution in [1.82, 2.24) is 14.4 Å². The molecule has 0 amide bonds. The second-order valence-electron chi connectivity index (χ2n) is 6.42. The molecule has 0 radical (unpaired) electrons. The SMILES string of the molecule is CCc1cn2ccnc2c(-c2ccc(C(C)(C)C)cc2)n1. The molecular formula is C18H21N3. The highest BCUT2D eigenvalue weighted by molar-refractivity contribution is 5.74. The van der Waals surface area contributed by atoms with Gasteiger partial charge in [0.25, 0.3) is 0 Å². The first-order valence-corrected chi connectivity index (χ1v) is 7.42. The molecule has 3 heteroatoms. The average molecular weight is 279 g/mol. The summed E-state index contributed by atoms with van der Waals surface area (Å²) in [7, 11) is 0. The summed E-state index contributed by atoms with van der Waals surface area (Å²) >= 11 is 0. The molecule has 0 aliphatic rings. The molecule has 2 heterocycles. The summed E-state index contributed by atoms with van der Waals surface area (Å²) in [4.78, 5) is 9.21. The summed E-state index contributed by atoms with van der Waals surface area (Å²) < 4.78 is 2.05. The molecule has 0 saturated carbocycles. The maximum Gasteiger partial charge on any atom is 0.163 e. The number of rotatable bonds is 2. The van der Waals surface area contributed by atoms with E-state index in [1.54, 1.807) is 0 Å². The molecule has 3 aromatic rings. The van der Waals surface area contributed by atoms with Crippen LogP contribution in [0.3, 0.4) is 0 Å². The zero-order chi connectivity index (χ0) is 15.0. The molecule has 3 nitrogen and oxygen atoms in total. The number of benzene rings is 1. The quantitative estimate of drug-likeness (QED) is 0.701. The molecular weight excluding hydrogens is 258 g/mol. The predicted octanol–water partition coefficient (Wildman–Crippen LogP) is 4.26. The fourth-order valence-corrected chi connectivity index (χ4v) is 2.48. The first-order chi connectivity index (χ1) is 9.99. The van der Waals surface area contributed by atoms with E-state index in [1.807, 2.05) is 12.4 Å². The minimum absolute atomic E-state index is 0.167. The summed E-state index contributed by atoms with van der Waals surface area (Å²) in [5, 5.41) is 0. The molecule has 108 valence electrons. The summed E-state index contributed by atoms with van der Waals surface area (Å²) in [6.07, 6.45) is 6.77. The zero-order valence-electron chi connectivity index (χ0n) is 13.1. The van der Waals surface area contributed by atoms with Crippen LogP contribution in [-0.4, -0.2) is 14.4 Å². The lowest BCUT2D eigenvalue weighted by molar-refractivity contribution is 0.590. The van der Waals surface area contributed by atoms with Crippen LogP contribution in [0.1, 0.15) is 39.0 Å². The van der Waals surface area contributed by atoms with Gasteiger partial charge in [-0.25, -0.2) is 9.97 Å². The van der Waals surface area contributed by atoms with Gasteiger partial charge in [0.2, 0.25) is 0 Å². The maximum absolute atomic E-state index is 4.77. The van der Waals surface area contributed by atoms with E-state index < -0.39 is 0 Å². The summed E-state index contributed by atoms with van der Waals surface area (Å²) in [6.45, 7) is 8.80. The van der Waals surface area contributed by atoms with E-state index >= 15 is 0 Å². The maximum atomic E-state index is 4.77. The third-order valence-corrected chi connectivity index (χ3v) is 3.81. The van der Waals surface area contributed by atoms with Crippen molar-refractivity contribution in [2.75, 3.05) is 0 Å². The smallest absolute Gasteiger partial charge is 0.163 e. The highest BCUT2D eigenvalue weighted by Gasteiger charge is 2.14. The minimum atomic E-state index is 0.167. The van der Waals surface area contributed by atoms with Crippen molar-refractivity contribution in [2.24, 2.45) is 0 Å². The van der Waals surface area contributed by atoms with Gasteiger partial charge in [0.15, 0.2) is 5.65 Å². The van der Waals surface area contributed by atoms with Crippen molar-refractivity contribution in [2.45, 2.75) is 39.5 Å². The Bertz CT molecular complexity index is 761. The van der Waals surface area contributed by atoms with Crippen molar-refractivity contribution in [3.63, 3.8) is 0 Å². The fourth-order valence-electron chi connectivity index (χ4n) is 2.48. The summed E-state index contributed by atoms with van der Waals surface area (Å²) in [6, 6.07) is 8.68. The molecule has 21 heavy (non-hydrogen) atoms. The van der Waals surface area contributed by atoms with Gasteiger partial charge in [0, 0.05) is 24.2 Å². The molecule has 0 aliphatic carbocycles. The molecule has 0 unspecified atom stereocenters. The molecule has 2 aromatic heterocycles. The Hall–Kier alpha value is -2.16. The van der Waals surface area contributed by atoms with Gasteiger partial charge in [-0.05, 0) is 17.4 Å². The normalized spacial score (nSPS) is 12.0. The summed E-state index contributed by atoms with van der Waals surface area (Å²) in [5.41, 5.74) is 5.57. The molecule has 0 aliphatic heterocycles. The molecule has 3 rings (SSSR count). The highest BCUT2D eigenvalue weighted by Crippen LogP contribution is 2.27. The van der Waals surface area contributed by atoms with E-state index in [0.29, 0.717) is 0 Å². The Morgan fingerprint density at radius 1 is 1.10 bits per heavy atom. The fraction of sp³-hybridized carbons (Fsp3) is 0.333. The number of hydrogen-bond acceptors (Lipinski definition) is 2. The Morgan fingerprint density at radius 3 is 2.43 bits per heavy atom. The number of imidazole rings is 1. The number of aryl methyl sites for hydroxylation is 1. The molecule has 0 saturated heterocycles. The molecule has 0 spiro atoms. The van der Waals surface area contributed by atoms with E-state index in [-0.39, 0.29) is 5.41 Å². The Morgan fingerprint density at radius 2 is 1.81 bits per heavy atom. The van der Waals surface area contributed by atoms with Crippen molar-refractivity contribution in [3.8, 4) is 11.3 Å². The van der Waals surface area contributed by atoms with E-state index in [2.05, 4.69) is 67.5 Å². The molecule has 0 N–H and O–H groups in total. The van der Waals surface area contributed by atoms with Gasteiger partial charge in [0.05, 0.1) is 5.69 Å². The minimum Gasteiger partial charge on any atom is -0.303 e. The Kier molecular flexibility index (Phi) is 3.28. The predicted molar refractivity (Wildman–Crippen MR) is 86.5 cm³/mol. The van der Waals surface area contributed by atoms with Crippen molar-refractivity contribution in [3.05, 3.63) is 54.1 Å². The van der Waals surface area contributed by atoms with Crippen molar-refractivity contribution in [1.29, 1.82) is 0 Å². The topological polar surface area (TPSA) is 30.2 Å². The van der Waals surface area contributed by atoms with Crippen molar-refractivity contribution >= 4 is 5.65 Å². The number of nitrogens with zero attached hydrogens (tertiary/aromatic N) is 3. The lowest BCUT2D eigenvalue weighted by atomic mass is 9.86. The molecule has 1 aromatic carbocycles. The average Bonchev–Trinajstić information content (AvgIpc) is 2.93. The van der Waals surface area contributed by atoms with Crippen LogP contribution in [0.2, 0.25) is 0 Å². The second-order valence-corrected chi connectivity index (χ2v) is 6.42. The van der Waals surface area contributed by atoms with Crippen LogP contribution in [0.25, 0.3) is 16.9 Å². The van der Waals surface area contributed by atoms with Gasteiger partial charge in [-0.15, -0.1) is 0 Å². The van der Waals surface area contributed by atoms with Gasteiger partial charge < -0.3 is 4.40 Å². The lowest BCUT2D eigenvalue weighted by Crippen LogP contribution is -2.10. The molecule has 0 fully saturated rings. The van der Waals surface area contributed by atoms with Gasteiger partial charge in [0.1, 0.15) is 5.69 Å². The highest BCUT2D eigenvalue weighted by atomic mass is 15.0. The largest absolute Gasteiger partial charge is 0.303 e. The third-order valence-electron chi connectivity index (χ3n) is 3.81. The van der Waals surface area contributed by atoms with Crippen LogP contribution in [0, 0.1) is 0 Å². The molecule has 0 atom stereocenters. The second kappa shape index (κ2) is 4.99. The van der Waals surface area contributed by atoms with E-state index in [4.69, 9.17) is 4.98 Å². The lowest BCUT2D eigenvalue weighted by Gasteiger charge is -2.19. The van der Waals surface area contributed by atoms with Crippen LogP contribution >= 0.6 is 0 Å². The number of hydrogen-bond donors (Lipinski definition) is 0. The monoisotopic (exact) mass is 279 g/mol. The van der Waals surface area contributed by atoms with Crippen LogP contribution in [-0.2, 0) is 11.8 Å². The summed E-state index contributed by atoms with van der Waals surface area (Å²) in [5.74, 6) is 0. The van der Waals surface area contributed by atoms with Crippen molar-refractivity contribution < 1.29 is 0 Å². The van der Waals surface area contributed by atoms with Crippen LogP contribution in [0.5, 0.6) is 0 Å². The third kappa shape index (κ3) is 2.56. The number of fused-ring (bicyclic) bond motifs is 1. The Labute approximate surface area is 125 Å². The van der Waals surface area contributed by atoms with Crippen LogP contribution in [0.15, 0.2) is 42.9 Å².